The highest BCUT2D eigenvalue weighted by Gasteiger charge is 2.50. The predicted molar refractivity (Wildman–Crippen MR) is 111 cm³/mol. The largest absolute Gasteiger partial charge is 0.412 e. The molecule has 0 bridgehead atoms. The van der Waals surface area contributed by atoms with Crippen molar-refractivity contribution in [3.63, 3.8) is 0 Å². The summed E-state index contributed by atoms with van der Waals surface area (Å²) in [6.45, 7) is 0. The number of nitrogens with one attached hydrogen (secondary N) is 2. The van der Waals surface area contributed by atoms with E-state index in [0.717, 1.165) is 22.4 Å². The molecule has 1 aromatic heterocycles. The van der Waals surface area contributed by atoms with Gasteiger partial charge in [-0.3, -0.25) is 14.6 Å². The molecule has 0 saturated heterocycles. The zero-order chi connectivity index (χ0) is 22.5. The summed E-state index contributed by atoms with van der Waals surface area (Å²) < 4.78 is 40.8. The number of hydrogen-bond acceptors (Lipinski definition) is 3. The molecule has 3 aromatic rings. The van der Waals surface area contributed by atoms with Crippen molar-refractivity contribution in [3.8, 4) is 0 Å². The van der Waals surface area contributed by atoms with Crippen LogP contribution in [0.4, 0.5) is 18.9 Å². The van der Waals surface area contributed by atoms with Gasteiger partial charge >= 0.3 is 6.18 Å². The van der Waals surface area contributed by atoms with Crippen LogP contribution in [0.15, 0.2) is 66.9 Å². The second-order valence-corrected chi connectivity index (χ2v) is 8.13. The van der Waals surface area contributed by atoms with Gasteiger partial charge in [-0.25, -0.2) is 0 Å². The first-order valence-electron chi connectivity index (χ1n) is 10.1. The first-order valence-corrected chi connectivity index (χ1v) is 10.1. The predicted octanol–water partition coefficient (Wildman–Crippen LogP) is 4.10. The molecule has 32 heavy (non-hydrogen) atoms. The van der Waals surface area contributed by atoms with E-state index < -0.39 is 23.5 Å². The molecule has 2 atom stereocenters. The van der Waals surface area contributed by atoms with Crippen LogP contribution >= 0.6 is 0 Å². The zero-order valence-corrected chi connectivity index (χ0v) is 16.7. The van der Waals surface area contributed by atoms with Crippen molar-refractivity contribution in [1.29, 1.82) is 0 Å². The van der Waals surface area contributed by atoms with E-state index in [1.54, 1.807) is 6.07 Å². The second kappa shape index (κ2) is 7.19. The third-order valence-electron chi connectivity index (χ3n) is 6.16. The number of amides is 2. The van der Waals surface area contributed by atoms with Gasteiger partial charge in [0.1, 0.15) is 5.69 Å². The van der Waals surface area contributed by atoms with E-state index in [-0.39, 0.29) is 17.2 Å². The summed E-state index contributed by atoms with van der Waals surface area (Å²) in [6, 6.07) is 14.0. The van der Waals surface area contributed by atoms with Crippen molar-refractivity contribution in [1.82, 2.24) is 10.3 Å². The Morgan fingerprint density at radius 2 is 1.72 bits per heavy atom. The van der Waals surface area contributed by atoms with Crippen LogP contribution in [0.1, 0.15) is 38.8 Å². The molecule has 5 rings (SSSR count). The standard InChI is InChI=1S/C24H18F3N3O2/c25-24(26,27)20(14-6-2-1-3-7-14)30-21(31)19-10-15-11-23(12-16(15)13-28-19)17-8-4-5-9-18(17)29-22(23)32/h1-10,13,20H,11-12H2,(H,29,32)(H,30,31). The number of fused-ring (bicyclic) bond motifs is 3. The van der Waals surface area contributed by atoms with Gasteiger partial charge in [-0.1, -0.05) is 48.5 Å². The summed E-state index contributed by atoms with van der Waals surface area (Å²) in [5, 5.41) is 4.96. The van der Waals surface area contributed by atoms with E-state index >= 15 is 0 Å². The molecule has 2 aromatic carbocycles. The van der Waals surface area contributed by atoms with E-state index in [9.17, 15) is 22.8 Å². The first kappa shape index (κ1) is 20.2. The number of benzene rings is 2. The lowest BCUT2D eigenvalue weighted by atomic mass is 9.79. The lowest BCUT2D eigenvalue weighted by Crippen LogP contribution is -2.38. The fourth-order valence-corrected chi connectivity index (χ4v) is 4.62. The van der Waals surface area contributed by atoms with Crippen LogP contribution in [0.3, 0.4) is 0 Å². The van der Waals surface area contributed by atoms with Crippen LogP contribution in [-0.4, -0.2) is 23.0 Å². The quantitative estimate of drug-likeness (QED) is 0.648. The van der Waals surface area contributed by atoms with Gasteiger partial charge in [0.05, 0.1) is 5.41 Å². The molecule has 2 amide bonds. The smallest absolute Gasteiger partial charge is 0.335 e. The number of pyridine rings is 1. The van der Waals surface area contributed by atoms with Crippen molar-refractivity contribution >= 4 is 17.5 Å². The molecule has 0 radical (unpaired) electrons. The van der Waals surface area contributed by atoms with Gasteiger partial charge in [0, 0.05) is 11.9 Å². The Kier molecular flexibility index (Phi) is 4.54. The maximum atomic E-state index is 13.6. The summed E-state index contributed by atoms with van der Waals surface area (Å²) in [4.78, 5) is 29.6. The molecule has 0 fully saturated rings. The van der Waals surface area contributed by atoms with Crippen molar-refractivity contribution in [2.24, 2.45) is 0 Å². The Balaban J connectivity index is 1.42. The molecule has 1 aliphatic heterocycles. The number of rotatable bonds is 3. The average molecular weight is 437 g/mol. The van der Waals surface area contributed by atoms with E-state index in [1.807, 2.05) is 24.3 Å². The molecular formula is C24H18F3N3O2. The number of halogens is 3. The SMILES string of the molecule is O=C(NC(c1ccccc1)C(F)(F)F)c1cc2c(cn1)CC1(C2)C(=O)Nc2ccccc21. The highest BCUT2D eigenvalue weighted by atomic mass is 19.4. The first-order chi connectivity index (χ1) is 15.3. The topological polar surface area (TPSA) is 71.1 Å². The van der Waals surface area contributed by atoms with Gasteiger partial charge in [-0.2, -0.15) is 13.2 Å². The lowest BCUT2D eigenvalue weighted by Gasteiger charge is -2.22. The fraction of sp³-hybridized carbons (Fsp3) is 0.208. The van der Waals surface area contributed by atoms with Crippen LogP contribution < -0.4 is 10.6 Å². The molecule has 2 unspecified atom stereocenters. The molecule has 8 heteroatoms. The summed E-state index contributed by atoms with van der Waals surface area (Å²) in [5.41, 5.74) is 2.23. The molecule has 1 spiro atoms. The van der Waals surface area contributed by atoms with Crippen molar-refractivity contribution in [2.45, 2.75) is 30.5 Å². The number of anilines is 1. The molecule has 1 aliphatic carbocycles. The maximum Gasteiger partial charge on any atom is 0.412 e. The molecule has 162 valence electrons. The van der Waals surface area contributed by atoms with Crippen LogP contribution in [0, 0.1) is 0 Å². The Labute approximate surface area is 181 Å². The minimum absolute atomic E-state index is 0.0623. The molecule has 2 aliphatic rings. The highest BCUT2D eigenvalue weighted by Crippen LogP contribution is 2.47. The van der Waals surface area contributed by atoms with Gasteiger partial charge in [-0.15, -0.1) is 0 Å². The van der Waals surface area contributed by atoms with Gasteiger partial charge in [0.15, 0.2) is 6.04 Å². The maximum absolute atomic E-state index is 13.6. The number of carbonyl (C=O) groups is 2. The number of alkyl halides is 3. The Morgan fingerprint density at radius 3 is 2.47 bits per heavy atom. The zero-order valence-electron chi connectivity index (χ0n) is 16.7. The van der Waals surface area contributed by atoms with Crippen LogP contribution in [0.5, 0.6) is 0 Å². The number of para-hydroxylation sites is 1. The molecule has 5 nitrogen and oxygen atoms in total. The summed E-state index contributed by atoms with van der Waals surface area (Å²) in [7, 11) is 0. The third-order valence-corrected chi connectivity index (χ3v) is 6.16. The summed E-state index contributed by atoms with van der Waals surface area (Å²) >= 11 is 0. The fourth-order valence-electron chi connectivity index (χ4n) is 4.62. The highest BCUT2D eigenvalue weighted by molar-refractivity contribution is 6.07. The van der Waals surface area contributed by atoms with Crippen molar-refractivity contribution < 1.29 is 22.8 Å². The lowest BCUT2D eigenvalue weighted by molar-refractivity contribution is -0.155. The molecular weight excluding hydrogens is 419 g/mol. The average Bonchev–Trinajstić information content (AvgIpc) is 3.29. The third kappa shape index (κ3) is 3.23. The molecule has 0 saturated carbocycles. The van der Waals surface area contributed by atoms with E-state index in [1.165, 1.54) is 36.5 Å². The van der Waals surface area contributed by atoms with Gasteiger partial charge in [0.25, 0.3) is 5.91 Å². The summed E-state index contributed by atoms with van der Waals surface area (Å²) in [6.07, 6.45) is -2.40. The van der Waals surface area contributed by atoms with E-state index in [4.69, 9.17) is 0 Å². The van der Waals surface area contributed by atoms with E-state index in [2.05, 4.69) is 15.6 Å². The Bertz CT molecular complexity index is 1230. The number of nitrogens with zero attached hydrogens (tertiary/aromatic N) is 1. The molecule has 2 heterocycles. The van der Waals surface area contributed by atoms with Crippen LogP contribution in [-0.2, 0) is 23.1 Å². The monoisotopic (exact) mass is 437 g/mol. The Hall–Kier alpha value is -3.68. The second-order valence-electron chi connectivity index (χ2n) is 8.13. The van der Waals surface area contributed by atoms with Gasteiger partial charge < -0.3 is 10.6 Å². The van der Waals surface area contributed by atoms with Crippen molar-refractivity contribution in [3.05, 3.63) is 94.8 Å². The Morgan fingerprint density at radius 1 is 1.03 bits per heavy atom. The van der Waals surface area contributed by atoms with Crippen molar-refractivity contribution in [2.75, 3.05) is 5.32 Å². The number of carbonyl (C=O) groups excluding carboxylic acids is 2. The van der Waals surface area contributed by atoms with Crippen LogP contribution in [0.25, 0.3) is 0 Å². The minimum Gasteiger partial charge on any atom is -0.335 e. The normalized spacial score (nSPS) is 19.9. The van der Waals surface area contributed by atoms with Crippen LogP contribution in [0.2, 0.25) is 0 Å². The molecule has 2 N–H and O–H groups in total. The van der Waals surface area contributed by atoms with Gasteiger partial charge in [-0.05, 0) is 47.2 Å². The number of hydrogen-bond donors (Lipinski definition) is 2. The minimum atomic E-state index is -4.66. The number of aromatic nitrogens is 1. The van der Waals surface area contributed by atoms with Gasteiger partial charge in [0.2, 0.25) is 5.91 Å². The summed E-state index contributed by atoms with van der Waals surface area (Å²) in [5.74, 6) is -1.04. The van der Waals surface area contributed by atoms with E-state index in [0.29, 0.717) is 12.8 Å².